The lowest BCUT2D eigenvalue weighted by atomic mass is 10.1. The Kier molecular flexibility index (Phi) is 14.4. The monoisotopic (exact) mass is 1080 g/mol. The quantitative estimate of drug-likeness (QED) is 0.0301. The highest BCUT2D eigenvalue weighted by Crippen LogP contribution is 2.48. The van der Waals surface area contributed by atoms with Gasteiger partial charge in [-0.3, -0.25) is 22.9 Å². The number of aromatic hydroxyl groups is 1. The number of hydrogen-bond acceptors (Lipinski definition) is 23. The predicted octanol–water partition coefficient (Wildman–Crippen LogP) is 5.67. The molecule has 0 amide bonds. The standard InChI is InChI=1S/C36H32N10O18S6/c37-20-1-11-27(26(38)17-20)42-40-21-2-4-23(5-3-21)46-66(50,51)24-8-6-22(7-9-24)41-44-34-30(68(55,56)57)15-19-16-31(69(58,59)60)35(36(47)32(19)33(34)39)45-43-28-12-10-25(18-29(28)67(52,53)54)65(48,49)14-13-64-70(61,62)63/h1-12,15-18,46-47H,13-14,37-39H2,(H,52,53,54)(H,55,56,57)(H,58,59,60)(H,61,62,63)/b42-40+,44-41+,45-43+. The Bertz CT molecular complexity index is 3900. The van der Waals surface area contributed by atoms with Crippen molar-refractivity contribution in [3.05, 3.63) is 97.1 Å². The Labute approximate surface area is 396 Å². The van der Waals surface area contributed by atoms with Crippen molar-refractivity contribution in [1.82, 2.24) is 0 Å². The maximum absolute atomic E-state index is 13.2. The van der Waals surface area contributed by atoms with E-state index in [1.807, 2.05) is 0 Å². The maximum atomic E-state index is 13.2. The van der Waals surface area contributed by atoms with Crippen LogP contribution in [-0.4, -0.2) is 86.2 Å². The number of anilines is 4. The molecule has 6 rings (SSSR count). The number of nitrogens with two attached hydrogens (primary N) is 3. The lowest BCUT2D eigenvalue weighted by Crippen LogP contribution is -2.16. The van der Waals surface area contributed by atoms with E-state index in [1.165, 1.54) is 30.3 Å². The fraction of sp³-hybridized carbons (Fsp3) is 0.0556. The number of nitrogens with one attached hydrogen (secondary N) is 1. The molecule has 0 fully saturated rings. The molecule has 34 heteroatoms. The number of sulfonamides is 1. The summed E-state index contributed by atoms with van der Waals surface area (Å²) in [6.45, 7) is -1.13. The minimum atomic E-state index is -5.49. The fourth-order valence-corrected chi connectivity index (χ4v) is 10.6. The number of nitrogen functional groups attached to an aromatic ring is 3. The Morgan fingerprint density at radius 2 is 1.03 bits per heavy atom. The molecular weight excluding hydrogens is 1050 g/mol. The van der Waals surface area contributed by atoms with E-state index >= 15 is 0 Å². The van der Waals surface area contributed by atoms with Crippen molar-refractivity contribution in [2.45, 2.75) is 24.5 Å². The molecule has 0 radical (unpaired) electrons. The van der Waals surface area contributed by atoms with Gasteiger partial charge in [-0.05, 0) is 102 Å². The molecular formula is C36H32N10O18S6. The number of hydrogen-bond donors (Lipinski definition) is 9. The second-order valence-electron chi connectivity index (χ2n) is 14.0. The molecule has 6 aromatic carbocycles. The van der Waals surface area contributed by atoms with Gasteiger partial charge in [0.2, 0.25) is 0 Å². The highest BCUT2D eigenvalue weighted by molar-refractivity contribution is 7.92. The van der Waals surface area contributed by atoms with E-state index in [2.05, 4.69) is 39.6 Å². The first-order valence-electron chi connectivity index (χ1n) is 18.5. The minimum Gasteiger partial charge on any atom is -0.505 e. The predicted molar refractivity (Wildman–Crippen MR) is 247 cm³/mol. The van der Waals surface area contributed by atoms with Crippen molar-refractivity contribution in [1.29, 1.82) is 0 Å². The van der Waals surface area contributed by atoms with Gasteiger partial charge in [0.15, 0.2) is 15.6 Å². The highest BCUT2D eigenvalue weighted by atomic mass is 32.3. The Hall–Kier alpha value is -7.12. The molecule has 70 heavy (non-hydrogen) atoms. The van der Waals surface area contributed by atoms with Crippen LogP contribution in [-0.2, 0) is 64.8 Å². The van der Waals surface area contributed by atoms with E-state index in [-0.39, 0.29) is 16.3 Å². The van der Waals surface area contributed by atoms with Crippen LogP contribution in [0.15, 0.2) is 152 Å². The molecule has 12 N–H and O–H groups in total. The summed E-state index contributed by atoms with van der Waals surface area (Å²) < 4.78 is 193. The number of phenols is 1. The largest absolute Gasteiger partial charge is 0.505 e. The van der Waals surface area contributed by atoms with E-state index in [0.29, 0.717) is 53.1 Å². The summed E-state index contributed by atoms with van der Waals surface area (Å²) in [7, 11) is -30.2. The SMILES string of the molecule is Nc1ccc(/N=N/c2ccc(NS(=O)(=O)c3ccc(/N=N/c4c(S(=O)(=O)O)cc5cc(S(=O)(=O)O)c(/N=N/c6ccc(S(=O)(=O)CCOS(=O)(=O)O)cc6S(=O)(=O)O)c(O)c5c4N)cc3)cc2)c(N)c1. The summed E-state index contributed by atoms with van der Waals surface area (Å²) in [5.41, 5.74) is 15.3. The van der Waals surface area contributed by atoms with Crippen LogP contribution in [0.1, 0.15) is 0 Å². The summed E-state index contributed by atoms with van der Waals surface area (Å²) in [5.74, 6) is -2.45. The smallest absolute Gasteiger partial charge is 0.397 e. The first-order chi connectivity index (χ1) is 32.3. The summed E-state index contributed by atoms with van der Waals surface area (Å²) in [4.78, 5) is -4.90. The molecule has 0 aliphatic rings. The highest BCUT2D eigenvalue weighted by Gasteiger charge is 2.29. The normalized spacial score (nSPS) is 13.2. The molecule has 0 saturated carbocycles. The van der Waals surface area contributed by atoms with Crippen LogP contribution >= 0.6 is 0 Å². The van der Waals surface area contributed by atoms with Crippen molar-refractivity contribution in [3.8, 4) is 5.75 Å². The molecule has 0 saturated heterocycles. The first-order valence-corrected chi connectivity index (χ1v) is 27.3. The van der Waals surface area contributed by atoms with Gasteiger partial charge in [-0.15, -0.1) is 20.5 Å². The van der Waals surface area contributed by atoms with E-state index in [4.69, 9.17) is 21.8 Å². The van der Waals surface area contributed by atoms with Gasteiger partial charge in [0, 0.05) is 11.4 Å². The number of nitrogens with zero attached hydrogens (tertiary/aromatic N) is 6. The first kappa shape index (κ1) is 52.3. The van der Waals surface area contributed by atoms with E-state index < -0.39 is 132 Å². The Morgan fingerprint density at radius 3 is 1.59 bits per heavy atom. The Morgan fingerprint density at radius 1 is 0.529 bits per heavy atom. The molecule has 0 aliphatic heterocycles. The fourth-order valence-electron chi connectivity index (χ4n) is 5.94. The summed E-state index contributed by atoms with van der Waals surface area (Å²) in [5, 5.41) is 32.8. The van der Waals surface area contributed by atoms with Crippen LogP contribution < -0.4 is 21.9 Å². The van der Waals surface area contributed by atoms with E-state index in [0.717, 1.165) is 24.3 Å². The Balaban J connectivity index is 1.33. The molecule has 0 aliphatic carbocycles. The second kappa shape index (κ2) is 19.3. The maximum Gasteiger partial charge on any atom is 0.397 e. The van der Waals surface area contributed by atoms with Gasteiger partial charge in [-0.1, -0.05) is 0 Å². The molecule has 0 bridgehead atoms. The van der Waals surface area contributed by atoms with Gasteiger partial charge in [-0.25, -0.2) is 21.0 Å². The molecule has 0 unspecified atom stereocenters. The van der Waals surface area contributed by atoms with Crippen LogP contribution in [0.4, 0.5) is 56.9 Å². The van der Waals surface area contributed by atoms with Gasteiger partial charge >= 0.3 is 10.4 Å². The van der Waals surface area contributed by atoms with Crippen molar-refractivity contribution in [3.63, 3.8) is 0 Å². The number of rotatable bonds is 17. The van der Waals surface area contributed by atoms with Gasteiger partial charge < -0.3 is 22.3 Å². The molecule has 28 nitrogen and oxygen atoms in total. The number of sulfone groups is 1. The van der Waals surface area contributed by atoms with Gasteiger partial charge in [0.05, 0.1) is 50.3 Å². The molecule has 6 aromatic rings. The average molecular weight is 1090 g/mol. The van der Waals surface area contributed by atoms with Crippen molar-refractivity contribution in [2.75, 3.05) is 34.3 Å². The van der Waals surface area contributed by atoms with Crippen LogP contribution in [0.25, 0.3) is 10.8 Å². The number of fused-ring (bicyclic) bond motifs is 1. The molecule has 0 spiro atoms. The third kappa shape index (κ3) is 12.4. The lowest BCUT2D eigenvalue weighted by Gasteiger charge is -2.14. The second-order valence-corrected chi connectivity index (χ2v) is 23.0. The van der Waals surface area contributed by atoms with Gasteiger partial charge in [0.25, 0.3) is 40.4 Å². The summed E-state index contributed by atoms with van der Waals surface area (Å²) >= 11 is 0. The molecule has 0 heterocycles. The number of azo groups is 3. The van der Waals surface area contributed by atoms with Crippen LogP contribution in [0.5, 0.6) is 5.75 Å². The van der Waals surface area contributed by atoms with Gasteiger partial charge in [0.1, 0.15) is 37.4 Å². The molecule has 0 atom stereocenters. The van der Waals surface area contributed by atoms with Gasteiger partial charge in [-0.2, -0.15) is 43.9 Å². The number of phenolic OH excluding ortho intramolecular Hbond substituents is 1. The zero-order chi connectivity index (χ0) is 51.8. The zero-order valence-corrected chi connectivity index (χ0v) is 39.5. The molecule has 0 aromatic heterocycles. The average Bonchev–Trinajstić information content (AvgIpc) is 3.24. The summed E-state index contributed by atoms with van der Waals surface area (Å²) in [6.07, 6.45) is 0. The topological polar surface area (TPSA) is 479 Å². The summed E-state index contributed by atoms with van der Waals surface area (Å²) in [6, 6.07) is 17.6. The van der Waals surface area contributed by atoms with Crippen molar-refractivity contribution < 1.29 is 78.0 Å². The van der Waals surface area contributed by atoms with Crippen molar-refractivity contribution in [2.24, 2.45) is 30.7 Å². The lowest BCUT2D eigenvalue weighted by molar-refractivity contribution is 0.284. The number of benzene rings is 6. The van der Waals surface area contributed by atoms with E-state index in [1.54, 1.807) is 12.1 Å². The van der Waals surface area contributed by atoms with Crippen LogP contribution in [0.3, 0.4) is 0 Å². The third-order valence-corrected chi connectivity index (χ3v) is 15.3. The van der Waals surface area contributed by atoms with Crippen LogP contribution in [0, 0.1) is 0 Å². The molecule has 370 valence electrons. The van der Waals surface area contributed by atoms with E-state index in [9.17, 15) is 69.3 Å². The van der Waals surface area contributed by atoms with Crippen LogP contribution in [0.2, 0.25) is 0 Å². The van der Waals surface area contributed by atoms with Crippen molar-refractivity contribution >= 4 is 128 Å². The third-order valence-electron chi connectivity index (χ3n) is 9.14. The minimum absolute atomic E-state index is 0.132. The zero-order valence-electron chi connectivity index (χ0n) is 34.6.